The van der Waals surface area contributed by atoms with E-state index in [1.54, 1.807) is 6.92 Å². The van der Waals surface area contributed by atoms with E-state index in [1.165, 1.54) is 0 Å². The van der Waals surface area contributed by atoms with Gasteiger partial charge in [-0.25, -0.2) is 0 Å². The van der Waals surface area contributed by atoms with Gasteiger partial charge in [0, 0.05) is 32.3 Å². The van der Waals surface area contributed by atoms with Crippen LogP contribution in [-0.4, -0.2) is 53.0 Å². The number of hydrogen-bond acceptors (Lipinski definition) is 3. The molecular formula is C8H14N2OS. The van der Waals surface area contributed by atoms with Gasteiger partial charge in [-0.3, -0.25) is 9.69 Å². The summed E-state index contributed by atoms with van der Waals surface area (Å²) in [5, 5.41) is 0. The summed E-state index contributed by atoms with van der Waals surface area (Å²) in [6.07, 6.45) is 0. The molecule has 0 aromatic carbocycles. The van der Waals surface area contributed by atoms with Crippen molar-refractivity contribution in [2.45, 2.75) is 11.8 Å². The largest absolute Gasteiger partial charge is 0.325 e. The second kappa shape index (κ2) is 2.64. The zero-order chi connectivity index (χ0) is 8.77. The Kier molecular flexibility index (Phi) is 1.84. The van der Waals surface area contributed by atoms with Gasteiger partial charge in [0.15, 0.2) is 0 Å². The maximum absolute atomic E-state index is 11.3. The van der Waals surface area contributed by atoms with Crippen molar-refractivity contribution in [2.24, 2.45) is 0 Å². The maximum atomic E-state index is 11.3. The number of amides is 1. The molecule has 0 radical (unpaired) electrons. The summed E-state index contributed by atoms with van der Waals surface area (Å²) in [6.45, 7) is 4.69. The molecule has 2 heterocycles. The lowest BCUT2D eigenvalue weighted by atomic mass is 10.1. The highest BCUT2D eigenvalue weighted by molar-refractivity contribution is 8.01. The Labute approximate surface area is 77.1 Å². The van der Waals surface area contributed by atoms with E-state index in [-0.39, 0.29) is 10.8 Å². The molecule has 68 valence electrons. The third-order valence-corrected chi connectivity index (χ3v) is 3.99. The molecule has 1 spiro atoms. The minimum atomic E-state index is 0.153. The first kappa shape index (κ1) is 8.38. The molecule has 0 aromatic rings. The van der Waals surface area contributed by atoms with Crippen LogP contribution in [0.1, 0.15) is 6.92 Å². The average Bonchev–Trinajstić information content (AvgIpc) is 2.30. The van der Waals surface area contributed by atoms with Gasteiger partial charge in [0.1, 0.15) is 4.87 Å². The van der Waals surface area contributed by atoms with E-state index in [4.69, 9.17) is 0 Å². The van der Waals surface area contributed by atoms with Crippen molar-refractivity contribution in [1.29, 1.82) is 0 Å². The van der Waals surface area contributed by atoms with Gasteiger partial charge in [-0.1, -0.05) is 0 Å². The van der Waals surface area contributed by atoms with Crippen LogP contribution in [0.5, 0.6) is 0 Å². The molecule has 0 unspecified atom stereocenters. The van der Waals surface area contributed by atoms with Crippen molar-refractivity contribution in [1.82, 2.24) is 9.80 Å². The molecule has 12 heavy (non-hydrogen) atoms. The predicted octanol–water partition coefficient (Wildman–Crippen LogP) is 0.223. The molecule has 1 amide bonds. The molecule has 0 aromatic heterocycles. The first-order chi connectivity index (χ1) is 5.64. The van der Waals surface area contributed by atoms with E-state index in [0.717, 1.165) is 25.4 Å². The molecule has 2 fully saturated rings. The molecule has 3 nitrogen and oxygen atoms in total. The fraction of sp³-hybridized carbons (Fsp3) is 0.875. The van der Waals surface area contributed by atoms with E-state index >= 15 is 0 Å². The Bertz CT molecular complexity index is 213. The summed E-state index contributed by atoms with van der Waals surface area (Å²) >= 11 is 1.94. The van der Waals surface area contributed by atoms with Gasteiger partial charge in [0.2, 0.25) is 5.91 Å². The van der Waals surface area contributed by atoms with Crippen LogP contribution in [0, 0.1) is 0 Å². The summed E-state index contributed by atoms with van der Waals surface area (Å²) in [5.41, 5.74) is 0. The van der Waals surface area contributed by atoms with Gasteiger partial charge in [-0.05, 0) is 7.05 Å². The Hall–Kier alpha value is -0.220. The molecule has 0 aliphatic carbocycles. The highest BCUT2D eigenvalue weighted by Crippen LogP contribution is 2.42. The van der Waals surface area contributed by atoms with Gasteiger partial charge in [-0.15, -0.1) is 11.8 Å². The first-order valence-corrected chi connectivity index (χ1v) is 5.23. The van der Waals surface area contributed by atoms with Crippen molar-refractivity contribution >= 4 is 17.7 Å². The molecule has 0 N–H and O–H groups in total. The number of likely N-dealkylation sites (tertiary alicyclic amines) is 1. The Morgan fingerprint density at radius 1 is 1.50 bits per heavy atom. The van der Waals surface area contributed by atoms with Crippen molar-refractivity contribution in [3.8, 4) is 0 Å². The Balaban J connectivity index is 2.10. The Morgan fingerprint density at radius 3 is 2.67 bits per heavy atom. The second-order valence-corrected chi connectivity index (χ2v) is 5.09. The van der Waals surface area contributed by atoms with E-state index < -0.39 is 0 Å². The van der Waals surface area contributed by atoms with Crippen molar-refractivity contribution in [2.75, 3.05) is 32.4 Å². The average molecular weight is 186 g/mol. The minimum Gasteiger partial charge on any atom is -0.325 e. The minimum absolute atomic E-state index is 0.153. The van der Waals surface area contributed by atoms with Crippen LogP contribution in [0.25, 0.3) is 0 Å². The van der Waals surface area contributed by atoms with Crippen molar-refractivity contribution in [3.05, 3.63) is 0 Å². The SMILES string of the molecule is CC(=O)N1CCSC12CN(C)C2. The molecule has 0 atom stereocenters. The van der Waals surface area contributed by atoms with Crippen LogP contribution in [0.3, 0.4) is 0 Å². The third-order valence-electron chi connectivity index (χ3n) is 2.59. The summed E-state index contributed by atoms with van der Waals surface area (Å²) < 4.78 is 0. The quantitative estimate of drug-likeness (QED) is 0.541. The normalized spacial score (nSPS) is 27.7. The van der Waals surface area contributed by atoms with E-state index in [0.29, 0.717) is 0 Å². The number of hydrogen-bond donors (Lipinski definition) is 0. The summed E-state index contributed by atoms with van der Waals surface area (Å²) in [6, 6.07) is 0. The number of nitrogens with zero attached hydrogens (tertiary/aromatic N) is 2. The summed E-state index contributed by atoms with van der Waals surface area (Å²) in [4.78, 5) is 15.7. The molecule has 2 rings (SSSR count). The monoisotopic (exact) mass is 186 g/mol. The number of carbonyl (C=O) groups is 1. The van der Waals surface area contributed by atoms with Crippen molar-refractivity contribution in [3.63, 3.8) is 0 Å². The Morgan fingerprint density at radius 2 is 2.17 bits per heavy atom. The van der Waals surface area contributed by atoms with Gasteiger partial charge in [-0.2, -0.15) is 0 Å². The highest BCUT2D eigenvalue weighted by atomic mass is 32.2. The van der Waals surface area contributed by atoms with Gasteiger partial charge in [0.25, 0.3) is 0 Å². The third kappa shape index (κ3) is 1.05. The number of carbonyl (C=O) groups excluding carboxylic acids is 1. The van der Waals surface area contributed by atoms with Crippen molar-refractivity contribution < 1.29 is 4.79 Å². The van der Waals surface area contributed by atoms with Gasteiger partial charge >= 0.3 is 0 Å². The van der Waals surface area contributed by atoms with E-state index in [2.05, 4.69) is 11.9 Å². The van der Waals surface area contributed by atoms with Crippen LogP contribution < -0.4 is 0 Å². The van der Waals surface area contributed by atoms with Crippen LogP contribution in [0.4, 0.5) is 0 Å². The van der Waals surface area contributed by atoms with Gasteiger partial charge < -0.3 is 4.90 Å². The fourth-order valence-electron chi connectivity index (χ4n) is 2.11. The zero-order valence-electron chi connectivity index (χ0n) is 7.54. The summed E-state index contributed by atoms with van der Waals surface area (Å²) in [7, 11) is 2.10. The lowest BCUT2D eigenvalue weighted by molar-refractivity contribution is -0.134. The molecule has 0 saturated carbocycles. The first-order valence-electron chi connectivity index (χ1n) is 4.25. The molecule has 0 bridgehead atoms. The topological polar surface area (TPSA) is 23.6 Å². The predicted molar refractivity (Wildman–Crippen MR) is 50.1 cm³/mol. The number of thioether (sulfide) groups is 1. The van der Waals surface area contributed by atoms with E-state index in [9.17, 15) is 4.79 Å². The molecular weight excluding hydrogens is 172 g/mol. The highest BCUT2D eigenvalue weighted by Gasteiger charge is 2.50. The van der Waals surface area contributed by atoms with Crippen LogP contribution in [0.15, 0.2) is 0 Å². The van der Waals surface area contributed by atoms with Gasteiger partial charge in [0.05, 0.1) is 0 Å². The van der Waals surface area contributed by atoms with E-state index in [1.807, 2.05) is 16.7 Å². The summed E-state index contributed by atoms with van der Waals surface area (Å²) in [5.74, 6) is 1.33. The molecule has 2 aliphatic heterocycles. The van der Waals surface area contributed by atoms with Crippen LogP contribution >= 0.6 is 11.8 Å². The molecule has 2 aliphatic rings. The smallest absolute Gasteiger partial charge is 0.220 e. The maximum Gasteiger partial charge on any atom is 0.220 e. The second-order valence-electron chi connectivity index (χ2n) is 3.64. The molecule has 4 heteroatoms. The molecule has 2 saturated heterocycles. The van der Waals surface area contributed by atoms with Crippen LogP contribution in [0.2, 0.25) is 0 Å². The fourth-order valence-corrected chi connectivity index (χ4v) is 3.77. The van der Waals surface area contributed by atoms with Crippen LogP contribution in [-0.2, 0) is 4.79 Å². The lowest BCUT2D eigenvalue weighted by Gasteiger charge is -2.50. The lowest BCUT2D eigenvalue weighted by Crippen LogP contribution is -2.65. The standard InChI is InChI=1S/C8H14N2OS/c1-7(11)10-3-4-12-8(10)5-9(2)6-8/h3-6H2,1-2H3. The zero-order valence-corrected chi connectivity index (χ0v) is 8.36. The number of rotatable bonds is 0. The number of likely N-dealkylation sites (N-methyl/N-ethyl adjacent to an activating group) is 1.